The van der Waals surface area contributed by atoms with E-state index in [4.69, 9.17) is 0 Å². The van der Waals surface area contributed by atoms with Gasteiger partial charge in [0.1, 0.15) is 5.75 Å². The Morgan fingerprint density at radius 2 is 1.72 bits per heavy atom. The van der Waals surface area contributed by atoms with E-state index in [1.54, 1.807) is 24.5 Å². The fourth-order valence-electron chi connectivity index (χ4n) is 2.70. The molecule has 126 valence electrons. The first-order chi connectivity index (χ1) is 12.2. The highest BCUT2D eigenvalue weighted by Gasteiger charge is 2.15. The minimum absolute atomic E-state index is 0.0000550. The van der Waals surface area contributed by atoms with Crippen molar-refractivity contribution in [2.24, 2.45) is 0 Å². The van der Waals surface area contributed by atoms with E-state index in [9.17, 15) is 9.90 Å². The highest BCUT2D eigenvalue weighted by Crippen LogP contribution is 2.23. The second-order valence-corrected chi connectivity index (χ2v) is 5.80. The molecule has 3 rings (SSSR count). The van der Waals surface area contributed by atoms with Gasteiger partial charge in [-0.3, -0.25) is 9.78 Å². The normalized spacial score (nSPS) is 10.4. The van der Waals surface area contributed by atoms with Crippen molar-refractivity contribution in [2.45, 2.75) is 13.5 Å². The van der Waals surface area contributed by atoms with Crippen LogP contribution in [0.5, 0.6) is 5.75 Å². The standard InChI is InChI=1S/C21H20N2O2/c1-2-23(15-16-10-12-22-13-11-16)21(25)19-5-3-4-18(14-19)17-6-8-20(24)9-7-17/h3-14,24H,2,15H2,1H3. The summed E-state index contributed by atoms with van der Waals surface area (Å²) in [6.45, 7) is 3.16. The number of rotatable bonds is 5. The summed E-state index contributed by atoms with van der Waals surface area (Å²) < 4.78 is 0. The van der Waals surface area contributed by atoms with Gasteiger partial charge in [0.05, 0.1) is 0 Å². The average Bonchev–Trinajstić information content (AvgIpc) is 2.67. The molecule has 1 amide bonds. The SMILES string of the molecule is CCN(Cc1ccncc1)C(=O)c1cccc(-c2ccc(O)cc2)c1. The monoisotopic (exact) mass is 332 g/mol. The van der Waals surface area contributed by atoms with E-state index in [1.807, 2.05) is 60.4 Å². The van der Waals surface area contributed by atoms with Crippen LogP contribution in [0.15, 0.2) is 73.1 Å². The number of hydrogen-bond acceptors (Lipinski definition) is 3. The largest absolute Gasteiger partial charge is 0.508 e. The maximum absolute atomic E-state index is 12.9. The predicted molar refractivity (Wildman–Crippen MR) is 98.2 cm³/mol. The van der Waals surface area contributed by atoms with E-state index in [0.717, 1.165) is 16.7 Å². The summed E-state index contributed by atoms with van der Waals surface area (Å²) in [6.07, 6.45) is 3.47. The number of aromatic hydroxyl groups is 1. The number of hydrogen-bond donors (Lipinski definition) is 1. The first kappa shape index (κ1) is 16.7. The lowest BCUT2D eigenvalue weighted by Crippen LogP contribution is -2.30. The summed E-state index contributed by atoms with van der Waals surface area (Å²) in [4.78, 5) is 18.7. The second-order valence-electron chi connectivity index (χ2n) is 5.80. The van der Waals surface area contributed by atoms with Gasteiger partial charge in [-0.15, -0.1) is 0 Å². The van der Waals surface area contributed by atoms with Crippen molar-refractivity contribution in [3.63, 3.8) is 0 Å². The molecule has 25 heavy (non-hydrogen) atoms. The number of nitrogens with zero attached hydrogens (tertiary/aromatic N) is 2. The highest BCUT2D eigenvalue weighted by molar-refractivity contribution is 5.95. The summed E-state index contributed by atoms with van der Waals surface area (Å²) >= 11 is 0. The lowest BCUT2D eigenvalue weighted by Gasteiger charge is -2.21. The minimum Gasteiger partial charge on any atom is -0.508 e. The number of phenols is 1. The Hall–Kier alpha value is -3.14. The minimum atomic E-state index is -0.0000550. The zero-order valence-corrected chi connectivity index (χ0v) is 14.1. The number of carbonyl (C=O) groups excluding carboxylic acids is 1. The van der Waals surface area contributed by atoms with Crippen LogP contribution in [0.25, 0.3) is 11.1 Å². The zero-order valence-electron chi connectivity index (χ0n) is 14.1. The van der Waals surface area contributed by atoms with Gasteiger partial charge < -0.3 is 10.0 Å². The van der Waals surface area contributed by atoms with Crippen molar-refractivity contribution < 1.29 is 9.90 Å². The molecule has 1 heterocycles. The van der Waals surface area contributed by atoms with Gasteiger partial charge in [0, 0.05) is 31.0 Å². The van der Waals surface area contributed by atoms with Gasteiger partial charge in [0.2, 0.25) is 0 Å². The molecular weight excluding hydrogens is 312 g/mol. The first-order valence-electron chi connectivity index (χ1n) is 8.25. The molecule has 0 spiro atoms. The van der Waals surface area contributed by atoms with Crippen LogP contribution in [0.3, 0.4) is 0 Å². The van der Waals surface area contributed by atoms with Crippen LogP contribution >= 0.6 is 0 Å². The fourth-order valence-corrected chi connectivity index (χ4v) is 2.70. The Kier molecular flexibility index (Phi) is 5.09. The molecule has 0 atom stereocenters. The lowest BCUT2D eigenvalue weighted by atomic mass is 10.0. The van der Waals surface area contributed by atoms with Crippen molar-refractivity contribution in [2.75, 3.05) is 6.54 Å². The van der Waals surface area contributed by atoms with Gasteiger partial charge in [0.25, 0.3) is 5.91 Å². The van der Waals surface area contributed by atoms with Crippen LogP contribution in [-0.2, 0) is 6.54 Å². The van der Waals surface area contributed by atoms with Crippen LogP contribution in [-0.4, -0.2) is 27.4 Å². The molecule has 2 aromatic carbocycles. The van der Waals surface area contributed by atoms with Crippen molar-refractivity contribution in [3.8, 4) is 16.9 Å². The second kappa shape index (κ2) is 7.62. The number of carbonyl (C=O) groups is 1. The van der Waals surface area contributed by atoms with Gasteiger partial charge >= 0.3 is 0 Å². The van der Waals surface area contributed by atoms with E-state index in [1.165, 1.54) is 0 Å². The molecule has 0 radical (unpaired) electrons. The molecule has 0 fully saturated rings. The van der Waals surface area contributed by atoms with E-state index in [2.05, 4.69) is 4.98 Å². The topological polar surface area (TPSA) is 53.4 Å². The molecule has 1 aromatic heterocycles. The highest BCUT2D eigenvalue weighted by atomic mass is 16.3. The lowest BCUT2D eigenvalue weighted by molar-refractivity contribution is 0.0752. The Morgan fingerprint density at radius 1 is 1.00 bits per heavy atom. The van der Waals surface area contributed by atoms with E-state index >= 15 is 0 Å². The quantitative estimate of drug-likeness (QED) is 0.765. The summed E-state index contributed by atoms with van der Waals surface area (Å²) in [5, 5.41) is 9.43. The maximum atomic E-state index is 12.9. The van der Waals surface area contributed by atoms with Crippen molar-refractivity contribution in [3.05, 3.63) is 84.2 Å². The summed E-state index contributed by atoms with van der Waals surface area (Å²) in [5.41, 5.74) is 3.62. The summed E-state index contributed by atoms with van der Waals surface area (Å²) in [7, 11) is 0. The third kappa shape index (κ3) is 4.04. The first-order valence-corrected chi connectivity index (χ1v) is 8.25. The average molecular weight is 332 g/mol. The maximum Gasteiger partial charge on any atom is 0.254 e. The third-order valence-electron chi connectivity index (χ3n) is 4.10. The molecule has 0 aliphatic heterocycles. The number of benzene rings is 2. The van der Waals surface area contributed by atoms with Crippen LogP contribution < -0.4 is 0 Å². The Bertz CT molecular complexity index is 845. The fraction of sp³-hybridized carbons (Fsp3) is 0.143. The van der Waals surface area contributed by atoms with E-state index < -0.39 is 0 Å². The number of pyridine rings is 1. The molecule has 0 saturated carbocycles. The molecule has 0 aliphatic carbocycles. The van der Waals surface area contributed by atoms with Gasteiger partial charge in [-0.2, -0.15) is 0 Å². The van der Waals surface area contributed by atoms with E-state index in [-0.39, 0.29) is 11.7 Å². The van der Waals surface area contributed by atoms with Crippen molar-refractivity contribution >= 4 is 5.91 Å². The van der Waals surface area contributed by atoms with Crippen LogP contribution in [0, 0.1) is 0 Å². The predicted octanol–water partition coefficient (Wildman–Crippen LogP) is 4.12. The van der Waals surface area contributed by atoms with E-state index in [0.29, 0.717) is 18.7 Å². The number of phenolic OH excluding ortho intramolecular Hbond substituents is 1. The van der Waals surface area contributed by atoms with Crippen molar-refractivity contribution in [1.82, 2.24) is 9.88 Å². The van der Waals surface area contributed by atoms with Crippen LogP contribution in [0.2, 0.25) is 0 Å². The number of amides is 1. The van der Waals surface area contributed by atoms with Crippen LogP contribution in [0.1, 0.15) is 22.8 Å². The Morgan fingerprint density at radius 3 is 2.40 bits per heavy atom. The smallest absolute Gasteiger partial charge is 0.254 e. The molecule has 4 nitrogen and oxygen atoms in total. The molecular formula is C21H20N2O2. The molecule has 0 bridgehead atoms. The van der Waals surface area contributed by atoms with Gasteiger partial charge in [-0.05, 0) is 60.0 Å². The summed E-state index contributed by atoms with van der Waals surface area (Å²) in [6, 6.07) is 18.4. The zero-order chi connectivity index (χ0) is 17.6. The van der Waals surface area contributed by atoms with Gasteiger partial charge in [0.15, 0.2) is 0 Å². The number of aromatic nitrogens is 1. The Balaban J connectivity index is 1.83. The molecule has 0 saturated heterocycles. The molecule has 0 aliphatic rings. The Labute approximate surface area is 147 Å². The van der Waals surface area contributed by atoms with Gasteiger partial charge in [-0.25, -0.2) is 0 Å². The summed E-state index contributed by atoms with van der Waals surface area (Å²) in [5.74, 6) is 0.227. The van der Waals surface area contributed by atoms with Crippen LogP contribution in [0.4, 0.5) is 0 Å². The molecule has 3 aromatic rings. The molecule has 4 heteroatoms. The third-order valence-corrected chi connectivity index (χ3v) is 4.10. The van der Waals surface area contributed by atoms with Gasteiger partial charge in [-0.1, -0.05) is 24.3 Å². The molecule has 0 unspecified atom stereocenters. The molecule has 1 N–H and O–H groups in total. The van der Waals surface area contributed by atoms with Crippen molar-refractivity contribution in [1.29, 1.82) is 0 Å².